The molecule has 0 spiro atoms. The van der Waals surface area contributed by atoms with Gasteiger partial charge in [0.25, 0.3) is 0 Å². The van der Waals surface area contributed by atoms with Crippen molar-refractivity contribution in [3.63, 3.8) is 0 Å². The van der Waals surface area contributed by atoms with Crippen molar-refractivity contribution in [1.82, 2.24) is 19.8 Å². The highest BCUT2D eigenvalue weighted by Gasteiger charge is 2.31. The Morgan fingerprint density at radius 3 is 2.79 bits per heavy atom. The van der Waals surface area contributed by atoms with Crippen LogP contribution in [0.3, 0.4) is 0 Å². The van der Waals surface area contributed by atoms with E-state index in [-0.39, 0.29) is 30.9 Å². The number of aromatic nitrogens is 2. The van der Waals surface area contributed by atoms with Crippen LogP contribution in [0.25, 0.3) is 0 Å². The lowest BCUT2D eigenvalue weighted by Gasteiger charge is -2.24. The molecule has 1 aliphatic heterocycles. The second-order valence-corrected chi connectivity index (χ2v) is 9.25. The Morgan fingerprint density at radius 2 is 2.06 bits per heavy atom. The summed E-state index contributed by atoms with van der Waals surface area (Å²) in [5.41, 5.74) is 2.48. The number of pyridine rings is 1. The molecule has 1 saturated heterocycles. The highest BCUT2D eigenvalue weighted by molar-refractivity contribution is 7.09. The molecule has 0 saturated carbocycles. The van der Waals surface area contributed by atoms with E-state index in [1.807, 2.05) is 54.8 Å². The highest BCUT2D eigenvalue weighted by Crippen LogP contribution is 2.18. The van der Waals surface area contributed by atoms with E-state index in [1.54, 1.807) is 23.1 Å². The van der Waals surface area contributed by atoms with E-state index in [9.17, 15) is 9.59 Å². The molecular formula is C25H28N4O4S. The fraction of sp³-hybridized carbons (Fsp3) is 0.360. The summed E-state index contributed by atoms with van der Waals surface area (Å²) < 4.78 is 11.5. The van der Waals surface area contributed by atoms with Gasteiger partial charge >= 0.3 is 0 Å². The van der Waals surface area contributed by atoms with Crippen molar-refractivity contribution in [2.45, 2.75) is 32.6 Å². The zero-order chi connectivity index (χ0) is 23.9. The Balaban J connectivity index is 1.49. The first-order valence-corrected chi connectivity index (χ1v) is 12.0. The first-order valence-electron chi connectivity index (χ1n) is 11.1. The Morgan fingerprint density at radius 1 is 1.18 bits per heavy atom. The number of aryl methyl sites for hydroxylation is 1. The molecule has 0 radical (unpaired) electrons. The summed E-state index contributed by atoms with van der Waals surface area (Å²) >= 11 is 1.51. The Labute approximate surface area is 203 Å². The van der Waals surface area contributed by atoms with Crippen molar-refractivity contribution in [2.24, 2.45) is 0 Å². The SMILES string of the molecule is COc1cccc(COC2CN(C(=O)Cc3csc(C)n3)CC(=O)N(Cc3ccccn3)C2)c1. The van der Waals surface area contributed by atoms with Crippen molar-refractivity contribution in [2.75, 3.05) is 26.7 Å². The van der Waals surface area contributed by atoms with Gasteiger partial charge in [0.05, 0.1) is 55.7 Å². The van der Waals surface area contributed by atoms with Crippen LogP contribution in [0.4, 0.5) is 0 Å². The maximum atomic E-state index is 13.1. The molecule has 1 atom stereocenters. The van der Waals surface area contributed by atoms with Crippen LogP contribution in [0.15, 0.2) is 54.0 Å². The van der Waals surface area contributed by atoms with Crippen LogP contribution in [-0.4, -0.2) is 64.4 Å². The summed E-state index contributed by atoms with van der Waals surface area (Å²) in [6, 6.07) is 13.3. The quantitative estimate of drug-likeness (QED) is 0.493. The number of amides is 2. The van der Waals surface area contributed by atoms with Crippen LogP contribution in [-0.2, 0) is 33.9 Å². The van der Waals surface area contributed by atoms with Gasteiger partial charge in [-0.1, -0.05) is 18.2 Å². The molecule has 8 nitrogen and oxygen atoms in total. The van der Waals surface area contributed by atoms with Gasteiger partial charge in [0.15, 0.2) is 0 Å². The number of hydrogen-bond acceptors (Lipinski definition) is 7. The number of ether oxygens (including phenoxy) is 2. The minimum atomic E-state index is -0.345. The Hall–Kier alpha value is -3.30. The average molecular weight is 481 g/mol. The summed E-state index contributed by atoms with van der Waals surface area (Å²) in [4.78, 5) is 38.2. The molecule has 0 N–H and O–H groups in total. The number of thiazole rings is 1. The normalized spacial score (nSPS) is 16.4. The molecule has 2 amide bonds. The van der Waals surface area contributed by atoms with E-state index in [0.29, 0.717) is 26.2 Å². The van der Waals surface area contributed by atoms with Gasteiger partial charge in [0.2, 0.25) is 11.8 Å². The van der Waals surface area contributed by atoms with Gasteiger partial charge in [-0.2, -0.15) is 0 Å². The number of carbonyl (C=O) groups excluding carboxylic acids is 2. The van der Waals surface area contributed by atoms with Gasteiger partial charge in [-0.3, -0.25) is 14.6 Å². The van der Waals surface area contributed by atoms with Gasteiger partial charge in [0, 0.05) is 24.7 Å². The number of hydrogen-bond donors (Lipinski definition) is 0. The zero-order valence-corrected chi connectivity index (χ0v) is 20.2. The molecule has 1 unspecified atom stereocenters. The van der Waals surface area contributed by atoms with Gasteiger partial charge in [-0.25, -0.2) is 4.98 Å². The van der Waals surface area contributed by atoms with Gasteiger partial charge in [-0.05, 0) is 36.8 Å². The molecule has 1 aliphatic rings. The van der Waals surface area contributed by atoms with Crippen molar-refractivity contribution in [3.8, 4) is 5.75 Å². The predicted octanol–water partition coefficient (Wildman–Crippen LogP) is 2.85. The van der Waals surface area contributed by atoms with Crippen molar-refractivity contribution in [1.29, 1.82) is 0 Å². The predicted molar refractivity (Wildman–Crippen MR) is 128 cm³/mol. The molecule has 2 aromatic heterocycles. The van der Waals surface area contributed by atoms with Crippen molar-refractivity contribution in [3.05, 3.63) is 76.0 Å². The van der Waals surface area contributed by atoms with Crippen LogP contribution in [0.2, 0.25) is 0 Å². The molecule has 4 rings (SSSR count). The smallest absolute Gasteiger partial charge is 0.242 e. The number of benzene rings is 1. The average Bonchev–Trinajstić information content (AvgIpc) is 3.18. The Bertz CT molecular complexity index is 1120. The lowest BCUT2D eigenvalue weighted by molar-refractivity contribution is -0.138. The van der Waals surface area contributed by atoms with Crippen LogP contribution < -0.4 is 4.74 Å². The number of carbonyl (C=O) groups is 2. The maximum absolute atomic E-state index is 13.1. The van der Waals surface area contributed by atoms with E-state index in [0.717, 1.165) is 27.7 Å². The molecule has 34 heavy (non-hydrogen) atoms. The third-order valence-corrected chi connectivity index (χ3v) is 6.40. The molecule has 1 fully saturated rings. The van der Waals surface area contributed by atoms with Gasteiger partial charge < -0.3 is 19.3 Å². The summed E-state index contributed by atoms with van der Waals surface area (Å²) in [6.45, 7) is 3.34. The fourth-order valence-electron chi connectivity index (χ4n) is 3.85. The lowest BCUT2D eigenvalue weighted by atomic mass is 10.2. The molecule has 9 heteroatoms. The van der Waals surface area contributed by atoms with Crippen LogP contribution in [0.1, 0.15) is 22.0 Å². The van der Waals surface area contributed by atoms with E-state index in [1.165, 1.54) is 11.3 Å². The van der Waals surface area contributed by atoms with Crippen molar-refractivity contribution < 1.29 is 19.1 Å². The second-order valence-electron chi connectivity index (χ2n) is 8.19. The number of rotatable bonds is 8. The Kier molecular flexibility index (Phi) is 7.87. The zero-order valence-electron chi connectivity index (χ0n) is 19.3. The second kappa shape index (κ2) is 11.2. The molecule has 0 aliphatic carbocycles. The first-order chi connectivity index (χ1) is 16.5. The summed E-state index contributed by atoms with van der Waals surface area (Å²) in [7, 11) is 1.62. The first kappa shape index (κ1) is 23.8. The highest BCUT2D eigenvalue weighted by atomic mass is 32.1. The van der Waals surface area contributed by atoms with Crippen LogP contribution >= 0.6 is 11.3 Å². The summed E-state index contributed by atoms with van der Waals surface area (Å²) in [6.07, 6.45) is 1.53. The number of methoxy groups -OCH3 is 1. The molecular weight excluding hydrogens is 452 g/mol. The standard InChI is InChI=1S/C25H28N4O4S/c1-18-27-21(17-34-18)11-24(30)29-14-23(33-16-19-6-5-8-22(10-19)32-2)13-28(25(31)15-29)12-20-7-3-4-9-26-20/h3-10,17,23H,11-16H2,1-2H3. The molecule has 3 aromatic rings. The van der Waals surface area contributed by atoms with Gasteiger partial charge in [0.1, 0.15) is 5.75 Å². The topological polar surface area (TPSA) is 84.9 Å². The molecule has 1 aromatic carbocycles. The minimum Gasteiger partial charge on any atom is -0.497 e. The van der Waals surface area contributed by atoms with Crippen LogP contribution in [0, 0.1) is 6.92 Å². The third kappa shape index (κ3) is 6.39. The van der Waals surface area contributed by atoms with Crippen LogP contribution in [0.5, 0.6) is 5.75 Å². The van der Waals surface area contributed by atoms with E-state index in [4.69, 9.17) is 9.47 Å². The summed E-state index contributed by atoms with van der Waals surface area (Å²) in [5, 5.41) is 2.80. The van der Waals surface area contributed by atoms with E-state index < -0.39 is 0 Å². The van der Waals surface area contributed by atoms with Gasteiger partial charge in [-0.15, -0.1) is 11.3 Å². The fourth-order valence-corrected chi connectivity index (χ4v) is 4.46. The largest absolute Gasteiger partial charge is 0.497 e. The third-order valence-electron chi connectivity index (χ3n) is 5.58. The van der Waals surface area contributed by atoms with E-state index in [2.05, 4.69) is 9.97 Å². The molecule has 178 valence electrons. The molecule has 0 bridgehead atoms. The minimum absolute atomic E-state index is 0.00774. The maximum Gasteiger partial charge on any atom is 0.242 e. The summed E-state index contributed by atoms with van der Waals surface area (Å²) in [5.74, 6) is 0.499. The van der Waals surface area contributed by atoms with E-state index >= 15 is 0 Å². The lowest BCUT2D eigenvalue weighted by Crippen LogP contribution is -2.40. The van der Waals surface area contributed by atoms with Crippen molar-refractivity contribution >= 4 is 23.2 Å². The number of nitrogens with zero attached hydrogens (tertiary/aromatic N) is 4. The monoisotopic (exact) mass is 480 g/mol. The molecule has 3 heterocycles.